The van der Waals surface area contributed by atoms with E-state index in [1.807, 2.05) is 34.5 Å². The number of hydrogen-bond acceptors (Lipinski definition) is 6. The number of thiophene rings is 1. The third kappa shape index (κ3) is 3.70. The minimum atomic E-state index is -3.39. The smallest absolute Gasteiger partial charge is 0.257 e. The molecule has 0 saturated heterocycles. The van der Waals surface area contributed by atoms with E-state index in [0.29, 0.717) is 17.3 Å². The van der Waals surface area contributed by atoms with Crippen molar-refractivity contribution in [2.24, 2.45) is 9.81 Å². The monoisotopic (exact) mass is 435 g/mol. The Balaban J connectivity index is 1.59. The number of nitrogens with zero attached hydrogens (tertiary/aromatic N) is 2. The Bertz CT molecular complexity index is 1050. The van der Waals surface area contributed by atoms with E-state index in [0.717, 1.165) is 15.5 Å². The van der Waals surface area contributed by atoms with Gasteiger partial charge in [-0.05, 0) is 46.8 Å². The number of fused-ring (bicyclic) bond motifs is 3. The maximum atomic E-state index is 13.0. The fourth-order valence-electron chi connectivity index (χ4n) is 3.26. The van der Waals surface area contributed by atoms with Crippen molar-refractivity contribution in [3.05, 3.63) is 46.2 Å². The minimum absolute atomic E-state index is 0.00676. The number of hydrogen-bond donors (Lipinski definition) is 1. The normalized spacial score (nSPS) is 18.8. The van der Waals surface area contributed by atoms with Crippen molar-refractivity contribution >= 4 is 49.9 Å². The van der Waals surface area contributed by atoms with Gasteiger partial charge in [-0.1, -0.05) is 26.8 Å². The molecule has 0 saturated carbocycles. The van der Waals surface area contributed by atoms with Gasteiger partial charge in [-0.25, -0.2) is 8.42 Å². The van der Waals surface area contributed by atoms with Crippen LogP contribution in [-0.4, -0.2) is 31.8 Å². The van der Waals surface area contributed by atoms with Crippen molar-refractivity contribution in [3.63, 3.8) is 0 Å². The molecule has 148 valence electrons. The summed E-state index contributed by atoms with van der Waals surface area (Å²) in [6.45, 7) is 6.70. The van der Waals surface area contributed by atoms with Crippen LogP contribution in [-0.2, 0) is 10.0 Å². The number of amidine groups is 1. The summed E-state index contributed by atoms with van der Waals surface area (Å²) in [6, 6.07) is 9.40. The van der Waals surface area contributed by atoms with Crippen molar-refractivity contribution in [1.82, 2.24) is 5.32 Å². The second kappa shape index (κ2) is 6.89. The topological polar surface area (TPSA) is 78.8 Å². The van der Waals surface area contributed by atoms with Gasteiger partial charge in [0.2, 0.25) is 0 Å². The molecule has 0 bridgehead atoms. The molecule has 1 amide bonds. The quantitative estimate of drug-likeness (QED) is 0.792. The van der Waals surface area contributed by atoms with Crippen LogP contribution in [0.4, 0.5) is 5.69 Å². The number of benzene rings is 1. The highest BCUT2D eigenvalue weighted by Crippen LogP contribution is 2.42. The largest absolute Gasteiger partial charge is 0.344 e. The van der Waals surface area contributed by atoms with E-state index < -0.39 is 10.0 Å². The molecule has 6 nitrogen and oxygen atoms in total. The molecule has 0 aliphatic carbocycles. The second-order valence-corrected chi connectivity index (χ2v) is 11.6. The third-order valence-corrected chi connectivity index (χ3v) is 7.95. The lowest BCUT2D eigenvalue weighted by atomic mass is 9.85. The molecule has 9 heteroatoms. The zero-order chi connectivity index (χ0) is 20.1. The van der Waals surface area contributed by atoms with Crippen LogP contribution in [0.5, 0.6) is 0 Å². The highest BCUT2D eigenvalue weighted by atomic mass is 32.2. The van der Waals surface area contributed by atoms with Gasteiger partial charge in [-0.2, -0.15) is 0 Å². The number of amides is 1. The summed E-state index contributed by atoms with van der Waals surface area (Å²) in [5.74, 6) is -0.136. The molecule has 3 heterocycles. The summed E-state index contributed by atoms with van der Waals surface area (Å²) < 4.78 is 27.4. The Morgan fingerprint density at radius 1 is 1.29 bits per heavy atom. The maximum absolute atomic E-state index is 13.0. The van der Waals surface area contributed by atoms with Gasteiger partial charge in [0, 0.05) is 21.9 Å². The highest BCUT2D eigenvalue weighted by molar-refractivity contribution is 8.15. The molecule has 2 aliphatic rings. The lowest BCUT2D eigenvalue weighted by Crippen LogP contribution is -2.36. The Hall–Kier alpha value is -1.84. The fourth-order valence-corrected chi connectivity index (χ4v) is 6.57. The van der Waals surface area contributed by atoms with Gasteiger partial charge < -0.3 is 10.2 Å². The van der Waals surface area contributed by atoms with Gasteiger partial charge in [0.1, 0.15) is 0 Å². The SMILES string of the molecule is CC(C)(C)C(NC(=O)c1ccc2c(c1)SC1=NS(=O)(=O)CCN12)c1cccs1. The molecule has 0 radical (unpaired) electrons. The summed E-state index contributed by atoms with van der Waals surface area (Å²) in [5, 5.41) is 5.64. The van der Waals surface area contributed by atoms with Crippen molar-refractivity contribution in [2.75, 3.05) is 17.2 Å². The molecule has 1 aromatic heterocycles. The molecule has 1 atom stereocenters. The lowest BCUT2D eigenvalue weighted by Gasteiger charge is -2.31. The molecule has 2 aromatic rings. The van der Waals surface area contributed by atoms with Gasteiger partial charge in [-0.15, -0.1) is 15.7 Å². The number of nitrogens with one attached hydrogen (secondary N) is 1. The fraction of sp³-hybridized carbons (Fsp3) is 0.368. The van der Waals surface area contributed by atoms with E-state index >= 15 is 0 Å². The average molecular weight is 436 g/mol. The minimum Gasteiger partial charge on any atom is -0.344 e. The number of sulfonamides is 1. The zero-order valence-electron chi connectivity index (χ0n) is 15.8. The molecule has 1 unspecified atom stereocenters. The Kier molecular flexibility index (Phi) is 4.79. The van der Waals surface area contributed by atoms with Gasteiger partial charge in [0.05, 0.1) is 17.5 Å². The van der Waals surface area contributed by atoms with Crippen LogP contribution >= 0.6 is 23.1 Å². The van der Waals surface area contributed by atoms with E-state index in [1.165, 1.54) is 11.8 Å². The van der Waals surface area contributed by atoms with E-state index in [2.05, 4.69) is 30.5 Å². The number of carbonyl (C=O) groups is 1. The summed E-state index contributed by atoms with van der Waals surface area (Å²) >= 11 is 2.93. The van der Waals surface area contributed by atoms with Crippen LogP contribution < -0.4 is 10.2 Å². The number of carbonyl (C=O) groups excluding carboxylic acids is 1. The predicted octanol–water partition coefficient (Wildman–Crippen LogP) is 3.88. The van der Waals surface area contributed by atoms with E-state index in [-0.39, 0.29) is 23.1 Å². The second-order valence-electron chi connectivity index (χ2n) is 7.88. The first-order chi connectivity index (χ1) is 13.1. The maximum Gasteiger partial charge on any atom is 0.257 e. The van der Waals surface area contributed by atoms with Gasteiger partial charge >= 0.3 is 0 Å². The number of anilines is 1. The van der Waals surface area contributed by atoms with Crippen molar-refractivity contribution in [2.45, 2.75) is 31.7 Å². The molecule has 28 heavy (non-hydrogen) atoms. The molecule has 1 aromatic carbocycles. The summed E-state index contributed by atoms with van der Waals surface area (Å²) in [7, 11) is -3.39. The van der Waals surface area contributed by atoms with Crippen LogP contribution in [0, 0.1) is 5.41 Å². The summed E-state index contributed by atoms with van der Waals surface area (Å²) in [5.41, 5.74) is 1.33. The standard InChI is InChI=1S/C19H21N3O3S3/c1-19(2,3)16(14-5-4-9-26-14)20-17(23)12-6-7-13-15(11-12)27-18-21-28(24,25)10-8-22(13)18/h4-7,9,11,16H,8,10H2,1-3H3,(H,20,23). The molecular formula is C19H21N3O3S3. The van der Waals surface area contributed by atoms with Gasteiger partial charge in [0.25, 0.3) is 15.9 Å². The van der Waals surface area contributed by atoms with E-state index in [9.17, 15) is 13.2 Å². The number of thioether (sulfide) groups is 1. The first-order valence-electron chi connectivity index (χ1n) is 8.90. The first kappa shape index (κ1) is 19.5. The average Bonchev–Trinajstić information content (AvgIpc) is 3.23. The van der Waals surface area contributed by atoms with E-state index in [4.69, 9.17) is 0 Å². The van der Waals surface area contributed by atoms with Gasteiger partial charge in [-0.3, -0.25) is 4.79 Å². The molecule has 0 fully saturated rings. The Morgan fingerprint density at radius 2 is 2.07 bits per heavy atom. The van der Waals surface area contributed by atoms with Crippen LogP contribution in [0.3, 0.4) is 0 Å². The Labute approximate surface area is 173 Å². The lowest BCUT2D eigenvalue weighted by molar-refractivity contribution is 0.0903. The van der Waals surface area contributed by atoms with E-state index in [1.54, 1.807) is 17.4 Å². The van der Waals surface area contributed by atoms with Crippen molar-refractivity contribution in [1.29, 1.82) is 0 Å². The molecule has 0 spiro atoms. The molecular weight excluding hydrogens is 414 g/mol. The molecule has 2 aliphatic heterocycles. The summed E-state index contributed by atoms with van der Waals surface area (Å²) in [4.78, 5) is 16.8. The van der Waals surface area contributed by atoms with Gasteiger partial charge in [0.15, 0.2) is 5.17 Å². The van der Waals surface area contributed by atoms with Crippen LogP contribution in [0.25, 0.3) is 0 Å². The summed E-state index contributed by atoms with van der Waals surface area (Å²) in [6.07, 6.45) is 0. The van der Waals surface area contributed by atoms with Crippen LogP contribution in [0.2, 0.25) is 0 Å². The number of rotatable bonds is 3. The predicted molar refractivity (Wildman–Crippen MR) is 115 cm³/mol. The zero-order valence-corrected chi connectivity index (χ0v) is 18.2. The van der Waals surface area contributed by atoms with Crippen molar-refractivity contribution < 1.29 is 13.2 Å². The third-order valence-electron chi connectivity index (χ3n) is 4.70. The highest BCUT2D eigenvalue weighted by Gasteiger charge is 2.34. The first-order valence-corrected chi connectivity index (χ1v) is 12.2. The Morgan fingerprint density at radius 3 is 2.75 bits per heavy atom. The molecule has 4 rings (SSSR count). The van der Waals surface area contributed by atoms with Crippen LogP contribution in [0.1, 0.15) is 42.0 Å². The molecule has 1 N–H and O–H groups in total. The van der Waals surface area contributed by atoms with Crippen molar-refractivity contribution in [3.8, 4) is 0 Å². The van der Waals surface area contributed by atoms with Crippen LogP contribution in [0.15, 0.2) is 45.0 Å².